The molecule has 3 N–H and O–H groups in total. The first kappa shape index (κ1) is 12.4. The highest BCUT2D eigenvalue weighted by Crippen LogP contribution is 2.18. The number of carbonyl (C=O) groups is 1. The van der Waals surface area contributed by atoms with Gasteiger partial charge in [0.05, 0.1) is 5.39 Å². The van der Waals surface area contributed by atoms with Crippen LogP contribution in [0.3, 0.4) is 0 Å². The Kier molecular flexibility index (Phi) is 3.22. The molecule has 1 aromatic carbocycles. The molecule has 3 aromatic rings. The second kappa shape index (κ2) is 5.18. The summed E-state index contributed by atoms with van der Waals surface area (Å²) in [4.78, 5) is 16.0. The number of H-pyrrole nitrogens is 1. The lowest BCUT2D eigenvalue weighted by Gasteiger charge is -2.06. The largest absolute Gasteiger partial charge is 0.324 e. The minimum atomic E-state index is -0.373. The number of halogens is 1. The van der Waals surface area contributed by atoms with E-state index in [2.05, 4.69) is 25.8 Å². The number of anilines is 2. The first-order valence-corrected chi connectivity index (χ1v) is 6.23. The maximum absolute atomic E-state index is 11.9. The summed E-state index contributed by atoms with van der Waals surface area (Å²) in [7, 11) is 0. The summed E-state index contributed by atoms with van der Waals surface area (Å²) >= 11 is 5.78. The first-order chi connectivity index (χ1) is 9.72. The molecule has 20 heavy (non-hydrogen) atoms. The molecule has 3 rings (SSSR count). The Morgan fingerprint density at radius 3 is 2.75 bits per heavy atom. The third kappa shape index (κ3) is 2.55. The normalized spacial score (nSPS) is 10.4. The Balaban J connectivity index is 1.74. The smallest absolute Gasteiger partial charge is 0.308 e. The summed E-state index contributed by atoms with van der Waals surface area (Å²) in [6.45, 7) is 0. The highest BCUT2D eigenvalue weighted by Gasteiger charge is 2.09. The van der Waals surface area contributed by atoms with Crippen LogP contribution in [-0.4, -0.2) is 21.2 Å². The van der Waals surface area contributed by atoms with Gasteiger partial charge in [-0.2, -0.15) is 5.10 Å². The molecule has 0 aliphatic carbocycles. The van der Waals surface area contributed by atoms with Gasteiger partial charge in [0.1, 0.15) is 5.82 Å². The van der Waals surface area contributed by atoms with Crippen LogP contribution in [0.4, 0.5) is 16.3 Å². The van der Waals surface area contributed by atoms with E-state index in [0.29, 0.717) is 22.2 Å². The predicted molar refractivity (Wildman–Crippen MR) is 78.0 cm³/mol. The van der Waals surface area contributed by atoms with Crippen molar-refractivity contribution in [1.29, 1.82) is 0 Å². The second-order valence-corrected chi connectivity index (χ2v) is 4.50. The first-order valence-electron chi connectivity index (χ1n) is 5.85. The summed E-state index contributed by atoms with van der Waals surface area (Å²) in [5.41, 5.74) is 1.20. The van der Waals surface area contributed by atoms with Crippen molar-refractivity contribution in [3.63, 3.8) is 0 Å². The van der Waals surface area contributed by atoms with E-state index in [-0.39, 0.29) is 6.03 Å². The van der Waals surface area contributed by atoms with Crippen molar-refractivity contribution in [2.45, 2.75) is 0 Å². The monoisotopic (exact) mass is 287 g/mol. The van der Waals surface area contributed by atoms with Crippen molar-refractivity contribution in [3.8, 4) is 0 Å². The quantitative estimate of drug-likeness (QED) is 0.676. The standard InChI is InChI=1S/C13H10ClN5O/c14-8-3-5-9(6-4-8)16-13(20)17-12-10-2-1-7-15-11(10)18-19-12/h1-7H,(H3,15,16,17,18,19,20). The van der Waals surface area contributed by atoms with Crippen molar-refractivity contribution in [2.24, 2.45) is 0 Å². The minimum absolute atomic E-state index is 0.373. The number of nitrogens with one attached hydrogen (secondary N) is 3. The van der Waals surface area contributed by atoms with E-state index in [4.69, 9.17) is 11.6 Å². The maximum atomic E-state index is 11.9. The zero-order valence-corrected chi connectivity index (χ0v) is 11.0. The zero-order chi connectivity index (χ0) is 13.9. The van der Waals surface area contributed by atoms with Gasteiger partial charge in [-0.1, -0.05) is 11.6 Å². The van der Waals surface area contributed by atoms with Gasteiger partial charge < -0.3 is 5.32 Å². The Morgan fingerprint density at radius 1 is 1.15 bits per heavy atom. The van der Waals surface area contributed by atoms with Gasteiger partial charge >= 0.3 is 6.03 Å². The highest BCUT2D eigenvalue weighted by molar-refractivity contribution is 6.30. The Morgan fingerprint density at radius 2 is 1.95 bits per heavy atom. The van der Waals surface area contributed by atoms with Crippen LogP contribution in [0.2, 0.25) is 5.02 Å². The number of aromatic amines is 1. The summed E-state index contributed by atoms with van der Waals surface area (Å²) < 4.78 is 0. The molecule has 0 saturated carbocycles. The van der Waals surface area contributed by atoms with E-state index in [0.717, 1.165) is 5.39 Å². The van der Waals surface area contributed by atoms with Crippen LogP contribution in [0.25, 0.3) is 11.0 Å². The average molecular weight is 288 g/mol. The van der Waals surface area contributed by atoms with Gasteiger partial charge in [0.2, 0.25) is 0 Å². The molecular weight excluding hydrogens is 278 g/mol. The molecule has 6 nitrogen and oxygen atoms in total. The van der Waals surface area contributed by atoms with Crippen molar-refractivity contribution >= 4 is 40.2 Å². The van der Waals surface area contributed by atoms with Gasteiger partial charge in [-0.3, -0.25) is 10.4 Å². The van der Waals surface area contributed by atoms with Crippen LogP contribution < -0.4 is 10.6 Å². The number of nitrogens with zero attached hydrogens (tertiary/aromatic N) is 2. The van der Waals surface area contributed by atoms with Gasteiger partial charge in [0, 0.05) is 16.9 Å². The summed E-state index contributed by atoms with van der Waals surface area (Å²) in [5.74, 6) is 0.500. The molecule has 2 amide bonds. The summed E-state index contributed by atoms with van der Waals surface area (Å²) in [6.07, 6.45) is 1.64. The SMILES string of the molecule is O=C(Nc1ccc(Cl)cc1)Nc1[nH]nc2ncccc12. The van der Waals surface area contributed by atoms with Crippen molar-refractivity contribution in [1.82, 2.24) is 15.2 Å². The van der Waals surface area contributed by atoms with E-state index in [9.17, 15) is 4.79 Å². The molecular formula is C13H10ClN5O. The average Bonchev–Trinajstić information content (AvgIpc) is 2.85. The molecule has 0 saturated heterocycles. The van der Waals surface area contributed by atoms with Crippen LogP contribution in [0.1, 0.15) is 0 Å². The Labute approximate surface area is 119 Å². The molecule has 0 unspecified atom stereocenters. The molecule has 0 radical (unpaired) electrons. The van der Waals surface area contributed by atoms with Crippen molar-refractivity contribution in [2.75, 3.05) is 10.6 Å². The molecule has 0 fully saturated rings. The molecule has 7 heteroatoms. The number of carbonyl (C=O) groups excluding carboxylic acids is 1. The van der Waals surface area contributed by atoms with E-state index in [1.807, 2.05) is 6.07 Å². The number of benzene rings is 1. The minimum Gasteiger partial charge on any atom is -0.308 e. The van der Waals surface area contributed by atoms with E-state index >= 15 is 0 Å². The second-order valence-electron chi connectivity index (χ2n) is 4.06. The van der Waals surface area contributed by atoms with E-state index in [1.165, 1.54) is 0 Å². The molecule has 100 valence electrons. The third-order valence-corrected chi connectivity index (χ3v) is 2.92. The lowest BCUT2D eigenvalue weighted by molar-refractivity contribution is 0.262. The number of hydrogen-bond acceptors (Lipinski definition) is 3. The van der Waals surface area contributed by atoms with Gasteiger partial charge in [-0.25, -0.2) is 9.78 Å². The Bertz CT molecular complexity index is 753. The number of hydrogen-bond donors (Lipinski definition) is 3. The van der Waals surface area contributed by atoms with Crippen LogP contribution in [0, 0.1) is 0 Å². The third-order valence-electron chi connectivity index (χ3n) is 2.67. The van der Waals surface area contributed by atoms with Crippen molar-refractivity contribution in [3.05, 3.63) is 47.6 Å². The molecule has 0 aliphatic heterocycles. The molecule has 0 aliphatic rings. The van der Waals surface area contributed by atoms with Gasteiger partial charge in [-0.15, -0.1) is 0 Å². The van der Waals surface area contributed by atoms with Crippen LogP contribution in [0.15, 0.2) is 42.6 Å². The molecule has 0 bridgehead atoms. The summed E-state index contributed by atoms with van der Waals surface area (Å²) in [5, 5.41) is 13.5. The topological polar surface area (TPSA) is 82.7 Å². The number of amides is 2. The number of pyridine rings is 1. The van der Waals surface area contributed by atoms with Crippen molar-refractivity contribution < 1.29 is 4.79 Å². The lowest BCUT2D eigenvalue weighted by Crippen LogP contribution is -2.19. The van der Waals surface area contributed by atoms with Crippen LogP contribution in [-0.2, 0) is 0 Å². The fraction of sp³-hybridized carbons (Fsp3) is 0. The maximum Gasteiger partial charge on any atom is 0.324 e. The number of aromatic nitrogens is 3. The molecule has 2 aromatic heterocycles. The fourth-order valence-corrected chi connectivity index (χ4v) is 1.88. The van der Waals surface area contributed by atoms with Crippen LogP contribution in [0.5, 0.6) is 0 Å². The number of rotatable bonds is 2. The molecule has 2 heterocycles. The van der Waals surface area contributed by atoms with E-state index < -0.39 is 0 Å². The van der Waals surface area contributed by atoms with Crippen LogP contribution >= 0.6 is 11.6 Å². The lowest BCUT2D eigenvalue weighted by atomic mass is 10.3. The fourth-order valence-electron chi connectivity index (χ4n) is 1.75. The number of urea groups is 1. The molecule has 0 spiro atoms. The summed E-state index contributed by atoms with van der Waals surface area (Å²) in [6, 6.07) is 10.1. The van der Waals surface area contributed by atoms with Gasteiger partial charge in [-0.05, 0) is 36.4 Å². The predicted octanol–water partition coefficient (Wildman–Crippen LogP) is 3.26. The Hall–Kier alpha value is -2.60. The molecule has 0 atom stereocenters. The van der Waals surface area contributed by atoms with Gasteiger partial charge in [0.25, 0.3) is 0 Å². The van der Waals surface area contributed by atoms with E-state index in [1.54, 1.807) is 36.5 Å². The highest BCUT2D eigenvalue weighted by atomic mass is 35.5. The zero-order valence-electron chi connectivity index (χ0n) is 10.2. The van der Waals surface area contributed by atoms with Gasteiger partial charge in [0.15, 0.2) is 5.65 Å². The number of fused-ring (bicyclic) bond motifs is 1.